The van der Waals surface area contributed by atoms with Gasteiger partial charge in [0.25, 0.3) is 0 Å². The Morgan fingerprint density at radius 2 is 2.03 bits per heavy atom. The van der Waals surface area contributed by atoms with Crippen molar-refractivity contribution in [3.05, 3.63) is 58.3 Å². The van der Waals surface area contributed by atoms with E-state index in [0.717, 1.165) is 47.0 Å². The standard InChI is InChI=1S/C26H27Cl2NO3/c1-4-31-24-14-25-21(22(15-32-25)19-9-8-18(27)12-23(19)28)13-20(24)16(2)11-26(30)29-10-6-5-7-17(29)3/h8-9,11-15,17H,4-7,10H2,1-3H3/b16-11+. The fraction of sp³-hybridized carbons (Fsp3) is 0.346. The van der Waals surface area contributed by atoms with Crippen molar-refractivity contribution in [1.82, 2.24) is 4.90 Å². The van der Waals surface area contributed by atoms with E-state index in [4.69, 9.17) is 32.4 Å². The molecule has 4 nitrogen and oxygen atoms in total. The summed E-state index contributed by atoms with van der Waals surface area (Å²) in [4.78, 5) is 15.0. The number of carbonyl (C=O) groups is 1. The molecule has 0 saturated carbocycles. The van der Waals surface area contributed by atoms with E-state index in [2.05, 4.69) is 6.92 Å². The molecule has 1 aliphatic heterocycles. The van der Waals surface area contributed by atoms with Crippen LogP contribution in [0.2, 0.25) is 10.0 Å². The lowest BCUT2D eigenvalue weighted by molar-refractivity contribution is -0.129. The highest BCUT2D eigenvalue weighted by Crippen LogP contribution is 2.40. The zero-order valence-corrected chi connectivity index (χ0v) is 20.1. The van der Waals surface area contributed by atoms with Gasteiger partial charge in [-0.1, -0.05) is 29.3 Å². The lowest BCUT2D eigenvalue weighted by Gasteiger charge is -2.32. The van der Waals surface area contributed by atoms with Crippen LogP contribution < -0.4 is 4.74 Å². The summed E-state index contributed by atoms with van der Waals surface area (Å²) in [6.45, 7) is 7.33. The van der Waals surface area contributed by atoms with Crippen molar-refractivity contribution in [2.24, 2.45) is 0 Å². The van der Waals surface area contributed by atoms with Crippen molar-refractivity contribution in [1.29, 1.82) is 0 Å². The number of hydrogen-bond acceptors (Lipinski definition) is 3. The molecule has 0 N–H and O–H groups in total. The van der Waals surface area contributed by atoms with Crippen LogP contribution in [-0.2, 0) is 4.79 Å². The Labute approximate surface area is 198 Å². The Hall–Kier alpha value is -2.43. The summed E-state index contributed by atoms with van der Waals surface area (Å²) < 4.78 is 11.7. The van der Waals surface area contributed by atoms with Crippen LogP contribution in [0.4, 0.5) is 0 Å². The van der Waals surface area contributed by atoms with E-state index in [-0.39, 0.29) is 11.9 Å². The highest BCUT2D eigenvalue weighted by Gasteiger charge is 2.23. The molecule has 6 heteroatoms. The van der Waals surface area contributed by atoms with Gasteiger partial charge in [0.05, 0.1) is 17.9 Å². The van der Waals surface area contributed by atoms with E-state index < -0.39 is 0 Å². The number of fused-ring (bicyclic) bond motifs is 1. The van der Waals surface area contributed by atoms with Gasteiger partial charge in [-0.15, -0.1) is 0 Å². The second kappa shape index (κ2) is 9.60. The Balaban J connectivity index is 1.78. The number of amides is 1. The number of rotatable bonds is 5. The van der Waals surface area contributed by atoms with Crippen molar-refractivity contribution < 1.29 is 13.9 Å². The molecular weight excluding hydrogens is 445 g/mol. The third kappa shape index (κ3) is 4.53. The van der Waals surface area contributed by atoms with E-state index in [1.165, 1.54) is 6.42 Å². The zero-order valence-electron chi connectivity index (χ0n) is 18.6. The first-order valence-electron chi connectivity index (χ1n) is 11.0. The molecule has 0 radical (unpaired) electrons. The third-order valence-electron chi connectivity index (χ3n) is 6.05. The van der Waals surface area contributed by atoms with Gasteiger partial charge in [-0.25, -0.2) is 0 Å². The average molecular weight is 472 g/mol. The first kappa shape index (κ1) is 22.8. The molecule has 1 saturated heterocycles. The number of furan rings is 1. The predicted molar refractivity (Wildman–Crippen MR) is 132 cm³/mol. The van der Waals surface area contributed by atoms with Gasteiger partial charge in [0.1, 0.15) is 11.3 Å². The molecule has 2 aromatic carbocycles. The van der Waals surface area contributed by atoms with E-state index in [1.807, 2.05) is 36.9 Å². The summed E-state index contributed by atoms with van der Waals surface area (Å²) in [5.74, 6) is 0.738. The zero-order chi connectivity index (χ0) is 22.8. The second-order valence-electron chi connectivity index (χ2n) is 8.25. The number of allylic oxidation sites excluding steroid dienone is 1. The maximum absolute atomic E-state index is 13.0. The van der Waals surface area contributed by atoms with Gasteiger partial charge in [-0.3, -0.25) is 4.79 Å². The summed E-state index contributed by atoms with van der Waals surface area (Å²) >= 11 is 12.5. The van der Waals surface area contributed by atoms with Crippen LogP contribution >= 0.6 is 23.2 Å². The maximum atomic E-state index is 13.0. The third-order valence-corrected chi connectivity index (χ3v) is 6.60. The molecule has 2 heterocycles. The van der Waals surface area contributed by atoms with Gasteiger partial charge in [-0.2, -0.15) is 0 Å². The summed E-state index contributed by atoms with van der Waals surface area (Å²) in [5, 5.41) is 2.03. The quantitative estimate of drug-likeness (QED) is 0.359. The largest absolute Gasteiger partial charge is 0.493 e. The van der Waals surface area contributed by atoms with Crippen LogP contribution in [0.5, 0.6) is 5.75 Å². The highest BCUT2D eigenvalue weighted by molar-refractivity contribution is 6.36. The van der Waals surface area contributed by atoms with Crippen LogP contribution in [0.25, 0.3) is 27.7 Å². The summed E-state index contributed by atoms with van der Waals surface area (Å²) in [5.41, 5.74) is 4.12. The van der Waals surface area contributed by atoms with E-state index >= 15 is 0 Å². The lowest BCUT2D eigenvalue weighted by atomic mass is 9.98. The molecule has 1 fully saturated rings. The van der Waals surface area contributed by atoms with Gasteiger partial charge < -0.3 is 14.1 Å². The highest BCUT2D eigenvalue weighted by atomic mass is 35.5. The number of likely N-dealkylation sites (tertiary alicyclic amines) is 1. The van der Waals surface area contributed by atoms with Crippen LogP contribution in [-0.4, -0.2) is 30.0 Å². The number of halogens is 2. The Morgan fingerprint density at radius 3 is 2.75 bits per heavy atom. The average Bonchev–Trinajstić information content (AvgIpc) is 3.16. The summed E-state index contributed by atoms with van der Waals surface area (Å²) in [6, 6.07) is 9.57. The normalized spacial score (nSPS) is 17.1. The molecule has 1 aliphatic rings. The molecular formula is C26H27Cl2NO3. The number of ether oxygens (including phenoxy) is 1. The molecule has 32 heavy (non-hydrogen) atoms. The lowest BCUT2D eigenvalue weighted by Crippen LogP contribution is -2.41. The Kier molecular flexibility index (Phi) is 6.82. The number of piperidine rings is 1. The fourth-order valence-corrected chi connectivity index (χ4v) is 4.84. The van der Waals surface area contributed by atoms with Gasteiger partial charge in [0.15, 0.2) is 0 Å². The van der Waals surface area contributed by atoms with E-state index in [9.17, 15) is 4.79 Å². The Bertz CT molecular complexity index is 1180. The van der Waals surface area contributed by atoms with Crippen molar-refractivity contribution in [3.8, 4) is 16.9 Å². The van der Waals surface area contributed by atoms with Gasteiger partial charge in [0.2, 0.25) is 5.91 Å². The minimum atomic E-state index is 0.0467. The summed E-state index contributed by atoms with van der Waals surface area (Å²) in [6.07, 6.45) is 6.70. The van der Waals surface area contributed by atoms with Crippen molar-refractivity contribution >= 4 is 45.7 Å². The molecule has 1 aromatic heterocycles. The van der Waals surface area contributed by atoms with Crippen molar-refractivity contribution in [2.75, 3.05) is 13.2 Å². The number of benzene rings is 2. The second-order valence-corrected chi connectivity index (χ2v) is 9.10. The Morgan fingerprint density at radius 1 is 1.22 bits per heavy atom. The topological polar surface area (TPSA) is 42.7 Å². The molecule has 1 amide bonds. The maximum Gasteiger partial charge on any atom is 0.247 e. The molecule has 0 aliphatic carbocycles. The van der Waals surface area contributed by atoms with E-state index in [0.29, 0.717) is 28.0 Å². The molecule has 168 valence electrons. The molecule has 0 spiro atoms. The molecule has 1 unspecified atom stereocenters. The first-order valence-corrected chi connectivity index (χ1v) is 11.8. The predicted octanol–water partition coefficient (Wildman–Crippen LogP) is 7.61. The SMILES string of the molecule is CCOc1cc2occ(-c3ccc(Cl)cc3Cl)c2cc1/C(C)=C/C(=O)N1CCCCC1C. The summed E-state index contributed by atoms with van der Waals surface area (Å²) in [7, 11) is 0. The molecule has 4 rings (SSSR count). The van der Waals surface area contributed by atoms with Gasteiger partial charge in [-0.05, 0) is 63.8 Å². The fourth-order valence-electron chi connectivity index (χ4n) is 4.33. The molecule has 1 atom stereocenters. The van der Waals surface area contributed by atoms with Crippen LogP contribution in [0.3, 0.4) is 0 Å². The monoisotopic (exact) mass is 471 g/mol. The van der Waals surface area contributed by atoms with Crippen LogP contribution in [0, 0.1) is 0 Å². The number of hydrogen-bond donors (Lipinski definition) is 0. The van der Waals surface area contributed by atoms with Crippen molar-refractivity contribution in [3.63, 3.8) is 0 Å². The molecule has 3 aromatic rings. The van der Waals surface area contributed by atoms with Gasteiger partial charge in [0, 0.05) is 51.8 Å². The smallest absolute Gasteiger partial charge is 0.247 e. The minimum absolute atomic E-state index is 0.0467. The number of carbonyl (C=O) groups excluding carboxylic acids is 1. The van der Waals surface area contributed by atoms with Crippen molar-refractivity contribution in [2.45, 2.75) is 46.1 Å². The number of nitrogens with zero attached hydrogens (tertiary/aromatic N) is 1. The van der Waals surface area contributed by atoms with E-state index in [1.54, 1.807) is 24.5 Å². The van der Waals surface area contributed by atoms with Crippen LogP contribution in [0.1, 0.15) is 45.6 Å². The van der Waals surface area contributed by atoms with Crippen LogP contribution in [0.15, 0.2) is 47.1 Å². The molecule has 0 bridgehead atoms. The van der Waals surface area contributed by atoms with Gasteiger partial charge >= 0.3 is 0 Å². The first-order chi connectivity index (χ1) is 15.4. The minimum Gasteiger partial charge on any atom is -0.493 e.